The van der Waals surface area contributed by atoms with Gasteiger partial charge in [-0.1, -0.05) is 6.92 Å². The Morgan fingerprint density at radius 3 is 2.95 bits per heavy atom. The molecule has 2 aromatic heterocycles. The Labute approximate surface area is 128 Å². The molecule has 0 radical (unpaired) electrons. The molecule has 2 aromatic rings. The van der Waals surface area contributed by atoms with Gasteiger partial charge in [-0.3, -0.25) is 4.79 Å². The van der Waals surface area contributed by atoms with Crippen molar-refractivity contribution in [3.05, 3.63) is 42.2 Å². The number of hydrogen-bond donors (Lipinski definition) is 1. The molecule has 0 bridgehead atoms. The average molecular weight is 357 g/mol. The number of thiophene rings is 2. The highest BCUT2D eigenvalue weighted by Gasteiger charge is 2.13. The molecule has 0 atom stereocenters. The van der Waals surface area contributed by atoms with Gasteiger partial charge in [-0.25, -0.2) is 5.43 Å². The summed E-state index contributed by atoms with van der Waals surface area (Å²) in [6.07, 6.45) is 2.51. The van der Waals surface area contributed by atoms with E-state index in [0.717, 1.165) is 26.2 Å². The van der Waals surface area contributed by atoms with Crippen LogP contribution in [0.3, 0.4) is 0 Å². The van der Waals surface area contributed by atoms with E-state index < -0.39 is 0 Å². The molecule has 0 aromatic carbocycles. The summed E-state index contributed by atoms with van der Waals surface area (Å²) < 4.78 is 1.04. The van der Waals surface area contributed by atoms with E-state index >= 15 is 0 Å². The molecule has 2 heterocycles. The van der Waals surface area contributed by atoms with Gasteiger partial charge in [0.15, 0.2) is 0 Å². The van der Waals surface area contributed by atoms with Gasteiger partial charge in [-0.15, -0.1) is 22.7 Å². The number of aryl methyl sites for hydroxylation is 1. The first kappa shape index (κ1) is 14.4. The molecule has 1 amide bonds. The number of hydrogen-bond acceptors (Lipinski definition) is 4. The standard InChI is InChI=1S/C13H13BrN2OS2/c1-3-10-8(2)18-7-11(10)13(17)16-15-6-9-4-5-12(14)19-9/h4-7H,3H2,1-2H3,(H,16,17)/b15-6-. The summed E-state index contributed by atoms with van der Waals surface area (Å²) in [5.41, 5.74) is 4.41. The number of halogens is 1. The first-order chi connectivity index (χ1) is 9.11. The van der Waals surface area contributed by atoms with E-state index in [9.17, 15) is 4.79 Å². The van der Waals surface area contributed by atoms with Crippen LogP contribution < -0.4 is 5.43 Å². The van der Waals surface area contributed by atoms with Crippen LogP contribution in [0.2, 0.25) is 0 Å². The Bertz CT molecular complexity index is 616. The van der Waals surface area contributed by atoms with E-state index in [1.165, 1.54) is 4.88 Å². The number of rotatable bonds is 4. The molecule has 6 heteroatoms. The maximum absolute atomic E-state index is 12.0. The lowest BCUT2D eigenvalue weighted by Crippen LogP contribution is -2.18. The van der Waals surface area contributed by atoms with Crippen molar-refractivity contribution < 1.29 is 4.79 Å². The highest BCUT2D eigenvalue weighted by Crippen LogP contribution is 2.22. The predicted molar refractivity (Wildman–Crippen MR) is 85.5 cm³/mol. The Morgan fingerprint density at radius 2 is 2.32 bits per heavy atom. The van der Waals surface area contributed by atoms with Crippen LogP contribution >= 0.6 is 38.6 Å². The maximum Gasteiger partial charge on any atom is 0.272 e. The smallest absolute Gasteiger partial charge is 0.267 e. The van der Waals surface area contributed by atoms with E-state index in [2.05, 4.69) is 33.4 Å². The first-order valence-electron chi connectivity index (χ1n) is 5.77. The Balaban J connectivity index is 2.03. The molecule has 0 saturated heterocycles. The largest absolute Gasteiger partial charge is 0.272 e. The molecular weight excluding hydrogens is 344 g/mol. The van der Waals surface area contributed by atoms with Gasteiger partial charge in [0.25, 0.3) is 5.91 Å². The quantitative estimate of drug-likeness (QED) is 0.646. The molecule has 0 aliphatic rings. The zero-order valence-corrected chi connectivity index (χ0v) is 13.8. The zero-order valence-electron chi connectivity index (χ0n) is 10.6. The molecule has 0 aliphatic carbocycles. The maximum atomic E-state index is 12.0. The third-order valence-corrected chi connectivity index (χ3v) is 5.17. The van der Waals surface area contributed by atoms with E-state index in [4.69, 9.17) is 0 Å². The van der Waals surface area contributed by atoms with Crippen molar-refractivity contribution in [2.75, 3.05) is 0 Å². The summed E-state index contributed by atoms with van der Waals surface area (Å²) >= 11 is 6.55. The Morgan fingerprint density at radius 1 is 1.53 bits per heavy atom. The van der Waals surface area contributed by atoms with Gasteiger partial charge in [0.1, 0.15) is 0 Å². The molecule has 3 nitrogen and oxygen atoms in total. The molecule has 1 N–H and O–H groups in total. The molecule has 0 fully saturated rings. The van der Waals surface area contributed by atoms with Crippen LogP contribution in [0, 0.1) is 6.92 Å². The summed E-state index contributed by atoms with van der Waals surface area (Å²) in [6.45, 7) is 4.09. The summed E-state index contributed by atoms with van der Waals surface area (Å²) in [5, 5.41) is 5.88. The van der Waals surface area contributed by atoms with Gasteiger partial charge in [0.2, 0.25) is 0 Å². The molecule has 0 saturated carbocycles. The van der Waals surface area contributed by atoms with Crippen LogP contribution in [0.5, 0.6) is 0 Å². The van der Waals surface area contributed by atoms with Crippen molar-refractivity contribution in [3.8, 4) is 0 Å². The van der Waals surface area contributed by atoms with E-state index in [1.807, 2.05) is 24.4 Å². The van der Waals surface area contributed by atoms with E-state index in [1.54, 1.807) is 28.9 Å². The van der Waals surface area contributed by atoms with Crippen LogP contribution in [0.15, 0.2) is 26.4 Å². The Hall–Kier alpha value is -0.980. The van der Waals surface area contributed by atoms with Gasteiger partial charge in [-0.2, -0.15) is 5.10 Å². The van der Waals surface area contributed by atoms with Gasteiger partial charge in [0, 0.05) is 15.1 Å². The van der Waals surface area contributed by atoms with Crippen molar-refractivity contribution in [1.29, 1.82) is 0 Å². The number of carbonyl (C=O) groups excluding carboxylic acids is 1. The minimum atomic E-state index is -0.145. The third kappa shape index (κ3) is 3.52. The second-order valence-corrected chi connectivity index (χ2v) is 7.46. The average Bonchev–Trinajstić information content (AvgIpc) is 2.95. The SMILES string of the molecule is CCc1c(C(=O)N/N=C\c2ccc(Br)s2)csc1C. The van der Waals surface area contributed by atoms with Crippen LogP contribution in [0.25, 0.3) is 0 Å². The zero-order chi connectivity index (χ0) is 13.8. The molecule has 0 unspecified atom stereocenters. The fourth-order valence-corrected chi connectivity index (χ4v) is 3.96. The first-order valence-corrected chi connectivity index (χ1v) is 8.26. The summed E-state index contributed by atoms with van der Waals surface area (Å²) in [4.78, 5) is 14.2. The monoisotopic (exact) mass is 356 g/mol. The second-order valence-electron chi connectivity index (χ2n) is 3.88. The number of nitrogens with one attached hydrogen (secondary N) is 1. The summed E-state index contributed by atoms with van der Waals surface area (Å²) in [5.74, 6) is -0.145. The van der Waals surface area contributed by atoms with Gasteiger partial charge < -0.3 is 0 Å². The van der Waals surface area contributed by atoms with Crippen molar-refractivity contribution >= 4 is 50.7 Å². The normalized spacial score (nSPS) is 11.1. The van der Waals surface area contributed by atoms with E-state index in [-0.39, 0.29) is 5.91 Å². The lowest BCUT2D eigenvalue weighted by molar-refractivity contribution is 0.0954. The van der Waals surface area contributed by atoms with Crippen molar-refractivity contribution in [2.24, 2.45) is 5.10 Å². The van der Waals surface area contributed by atoms with Crippen molar-refractivity contribution in [3.63, 3.8) is 0 Å². The van der Waals surface area contributed by atoms with Crippen molar-refractivity contribution in [2.45, 2.75) is 20.3 Å². The topological polar surface area (TPSA) is 41.5 Å². The molecule has 0 spiro atoms. The molecular formula is C13H13BrN2OS2. The highest BCUT2D eigenvalue weighted by molar-refractivity contribution is 9.11. The molecule has 19 heavy (non-hydrogen) atoms. The highest BCUT2D eigenvalue weighted by atomic mass is 79.9. The second kappa shape index (κ2) is 6.45. The van der Waals surface area contributed by atoms with Crippen molar-refractivity contribution in [1.82, 2.24) is 5.43 Å². The van der Waals surface area contributed by atoms with Crippen LogP contribution in [-0.2, 0) is 6.42 Å². The van der Waals surface area contributed by atoms with Crippen LogP contribution in [0.1, 0.15) is 32.6 Å². The summed E-state index contributed by atoms with van der Waals surface area (Å²) in [7, 11) is 0. The summed E-state index contributed by atoms with van der Waals surface area (Å²) in [6, 6.07) is 3.89. The molecule has 100 valence electrons. The van der Waals surface area contributed by atoms with Gasteiger partial charge >= 0.3 is 0 Å². The molecule has 2 rings (SSSR count). The minimum absolute atomic E-state index is 0.145. The lowest BCUT2D eigenvalue weighted by Gasteiger charge is -2.01. The minimum Gasteiger partial charge on any atom is -0.267 e. The van der Waals surface area contributed by atoms with Crippen LogP contribution in [-0.4, -0.2) is 12.1 Å². The third-order valence-electron chi connectivity index (χ3n) is 2.65. The molecule has 0 aliphatic heterocycles. The fourth-order valence-electron chi connectivity index (χ4n) is 1.72. The van der Waals surface area contributed by atoms with Gasteiger partial charge in [0.05, 0.1) is 15.6 Å². The van der Waals surface area contributed by atoms with Gasteiger partial charge in [-0.05, 0) is 47.0 Å². The van der Waals surface area contributed by atoms with Crippen LogP contribution in [0.4, 0.5) is 0 Å². The number of nitrogens with zero attached hydrogens (tertiary/aromatic N) is 1. The lowest BCUT2D eigenvalue weighted by atomic mass is 10.1. The van der Waals surface area contributed by atoms with E-state index in [0.29, 0.717) is 0 Å². The fraction of sp³-hybridized carbons (Fsp3) is 0.231. The number of amides is 1. The number of carbonyl (C=O) groups is 1. The Kier molecular flexibility index (Phi) is 4.90. The number of hydrazone groups is 1. The predicted octanol–water partition coefficient (Wildman–Crippen LogP) is 4.21.